The molecule has 1 rings (SSSR count). The number of halogens is 3. The van der Waals surface area contributed by atoms with Crippen LogP contribution < -0.4 is 4.74 Å². The number of ether oxygens (including phenoxy) is 1. The molecule has 7 heteroatoms. The molecule has 0 amide bonds. The highest BCUT2D eigenvalue weighted by atomic mass is 79.9. The Morgan fingerprint density at radius 1 is 1.35 bits per heavy atom. The Morgan fingerprint density at radius 2 is 1.95 bits per heavy atom. The van der Waals surface area contributed by atoms with Crippen molar-refractivity contribution in [3.63, 3.8) is 0 Å². The van der Waals surface area contributed by atoms with Crippen LogP contribution in [0.5, 0.6) is 5.75 Å². The van der Waals surface area contributed by atoms with Gasteiger partial charge in [-0.2, -0.15) is 0 Å². The lowest BCUT2D eigenvalue weighted by atomic mass is 9.85. The molecular weight excluding hydrogens is 371 g/mol. The number of hydrogen-bond acceptors (Lipinski definition) is 3. The largest absolute Gasteiger partial charge is 0.493 e. The standard InChI is InChI=1S/C13H17BrClFO3S/c1-3-13(4-2,9-20(15,17)18)8-19-10-5-6-12(16)11(14)7-10/h5-7H,3-4,8-9H2,1-2H3. The summed E-state index contributed by atoms with van der Waals surface area (Å²) in [6.07, 6.45) is 1.25. The molecule has 0 radical (unpaired) electrons. The van der Waals surface area contributed by atoms with Gasteiger partial charge < -0.3 is 4.74 Å². The van der Waals surface area contributed by atoms with Gasteiger partial charge in [0.2, 0.25) is 9.05 Å². The van der Waals surface area contributed by atoms with Crippen molar-refractivity contribution in [1.82, 2.24) is 0 Å². The Kier molecular flexibility index (Phi) is 6.28. The first-order valence-electron chi connectivity index (χ1n) is 6.21. The number of hydrogen-bond donors (Lipinski definition) is 0. The zero-order valence-corrected chi connectivity index (χ0v) is 14.5. The van der Waals surface area contributed by atoms with Gasteiger partial charge in [0.25, 0.3) is 0 Å². The van der Waals surface area contributed by atoms with Crippen LogP contribution in [0.4, 0.5) is 4.39 Å². The fraction of sp³-hybridized carbons (Fsp3) is 0.538. The highest BCUT2D eigenvalue weighted by molar-refractivity contribution is 9.10. The van der Waals surface area contributed by atoms with E-state index in [2.05, 4.69) is 15.9 Å². The van der Waals surface area contributed by atoms with Crippen molar-refractivity contribution >= 4 is 35.7 Å². The maximum Gasteiger partial charge on any atom is 0.233 e. The van der Waals surface area contributed by atoms with E-state index in [0.29, 0.717) is 23.1 Å². The molecule has 1 aromatic carbocycles. The molecule has 0 bridgehead atoms. The van der Waals surface area contributed by atoms with Gasteiger partial charge in [-0.25, -0.2) is 12.8 Å². The SMILES string of the molecule is CCC(CC)(COc1ccc(F)c(Br)c1)CS(=O)(=O)Cl. The minimum Gasteiger partial charge on any atom is -0.493 e. The monoisotopic (exact) mass is 386 g/mol. The van der Waals surface area contributed by atoms with Gasteiger partial charge in [0.15, 0.2) is 0 Å². The fourth-order valence-electron chi connectivity index (χ4n) is 1.87. The zero-order chi connectivity index (χ0) is 15.4. The Labute approximate surface area is 132 Å². The third kappa shape index (κ3) is 5.22. The van der Waals surface area contributed by atoms with Gasteiger partial charge in [-0.05, 0) is 47.0 Å². The third-order valence-electron chi connectivity index (χ3n) is 3.41. The number of benzene rings is 1. The Morgan fingerprint density at radius 3 is 2.40 bits per heavy atom. The Balaban J connectivity index is 2.83. The second-order valence-corrected chi connectivity index (χ2v) is 8.39. The minimum absolute atomic E-state index is 0.142. The Hall–Kier alpha value is -0.330. The van der Waals surface area contributed by atoms with Gasteiger partial charge in [-0.3, -0.25) is 0 Å². The molecule has 0 aliphatic rings. The van der Waals surface area contributed by atoms with Crippen LogP contribution in [0.25, 0.3) is 0 Å². The van der Waals surface area contributed by atoms with E-state index in [9.17, 15) is 12.8 Å². The van der Waals surface area contributed by atoms with Crippen LogP contribution in [0.15, 0.2) is 22.7 Å². The zero-order valence-electron chi connectivity index (χ0n) is 11.3. The first kappa shape index (κ1) is 17.7. The molecule has 0 saturated carbocycles. The van der Waals surface area contributed by atoms with E-state index in [4.69, 9.17) is 15.4 Å². The molecule has 0 atom stereocenters. The van der Waals surface area contributed by atoms with Crippen LogP contribution in [0.3, 0.4) is 0 Å². The highest BCUT2D eigenvalue weighted by Gasteiger charge is 2.32. The Bertz CT molecular complexity index is 559. The smallest absolute Gasteiger partial charge is 0.233 e. The van der Waals surface area contributed by atoms with Gasteiger partial charge in [0.1, 0.15) is 11.6 Å². The quantitative estimate of drug-likeness (QED) is 0.654. The minimum atomic E-state index is -3.60. The summed E-state index contributed by atoms with van der Waals surface area (Å²) in [4.78, 5) is 0. The topological polar surface area (TPSA) is 43.4 Å². The molecule has 3 nitrogen and oxygen atoms in total. The van der Waals surface area contributed by atoms with E-state index in [1.54, 1.807) is 0 Å². The maximum atomic E-state index is 13.1. The first-order valence-corrected chi connectivity index (χ1v) is 9.48. The molecule has 0 saturated heterocycles. The lowest BCUT2D eigenvalue weighted by Gasteiger charge is -2.30. The van der Waals surface area contributed by atoms with Crippen molar-refractivity contribution in [3.05, 3.63) is 28.5 Å². The summed E-state index contributed by atoms with van der Waals surface area (Å²) in [5.74, 6) is -0.0360. The summed E-state index contributed by atoms with van der Waals surface area (Å²) in [6, 6.07) is 4.31. The van der Waals surface area contributed by atoms with Gasteiger partial charge in [-0.1, -0.05) is 13.8 Å². The molecular formula is C13H17BrClFO3S. The van der Waals surface area contributed by atoms with E-state index in [1.807, 2.05) is 13.8 Å². The van der Waals surface area contributed by atoms with Crippen molar-refractivity contribution < 1.29 is 17.5 Å². The molecule has 0 unspecified atom stereocenters. The second-order valence-electron chi connectivity index (χ2n) is 4.75. The van der Waals surface area contributed by atoms with Crippen LogP contribution in [0, 0.1) is 11.2 Å². The molecule has 0 spiro atoms. The third-order valence-corrected chi connectivity index (χ3v) is 5.31. The fourth-order valence-corrected chi connectivity index (χ4v) is 4.14. The van der Waals surface area contributed by atoms with Crippen molar-refractivity contribution in [2.75, 3.05) is 12.4 Å². The summed E-state index contributed by atoms with van der Waals surface area (Å²) in [6.45, 7) is 4.01. The van der Waals surface area contributed by atoms with Crippen molar-refractivity contribution in [2.45, 2.75) is 26.7 Å². The molecule has 0 heterocycles. The van der Waals surface area contributed by atoms with Crippen LogP contribution in [-0.4, -0.2) is 20.8 Å². The molecule has 1 aromatic rings. The summed E-state index contributed by atoms with van der Waals surface area (Å²) < 4.78 is 41.7. The van der Waals surface area contributed by atoms with E-state index in [-0.39, 0.29) is 18.2 Å². The van der Waals surface area contributed by atoms with E-state index < -0.39 is 14.5 Å². The van der Waals surface area contributed by atoms with Gasteiger partial charge >= 0.3 is 0 Å². The van der Waals surface area contributed by atoms with Crippen LogP contribution >= 0.6 is 26.6 Å². The van der Waals surface area contributed by atoms with Crippen LogP contribution in [-0.2, 0) is 9.05 Å². The van der Waals surface area contributed by atoms with Gasteiger partial charge in [-0.15, -0.1) is 0 Å². The molecule has 0 aliphatic heterocycles. The summed E-state index contributed by atoms with van der Waals surface area (Å²) >= 11 is 3.08. The second kappa shape index (κ2) is 7.09. The van der Waals surface area contributed by atoms with E-state index in [0.717, 1.165) is 0 Å². The first-order chi connectivity index (χ1) is 9.21. The highest BCUT2D eigenvalue weighted by Crippen LogP contribution is 2.31. The van der Waals surface area contributed by atoms with Gasteiger partial charge in [0.05, 0.1) is 16.8 Å². The van der Waals surface area contributed by atoms with Gasteiger partial charge in [0, 0.05) is 16.1 Å². The molecule has 0 fully saturated rings. The molecule has 114 valence electrons. The van der Waals surface area contributed by atoms with Crippen molar-refractivity contribution in [2.24, 2.45) is 5.41 Å². The molecule has 0 aromatic heterocycles. The van der Waals surface area contributed by atoms with Crippen molar-refractivity contribution in [1.29, 1.82) is 0 Å². The van der Waals surface area contributed by atoms with E-state index >= 15 is 0 Å². The summed E-state index contributed by atoms with van der Waals surface area (Å²) in [7, 11) is 1.76. The predicted molar refractivity (Wildman–Crippen MR) is 82.2 cm³/mol. The van der Waals surface area contributed by atoms with E-state index in [1.165, 1.54) is 18.2 Å². The lowest BCUT2D eigenvalue weighted by Crippen LogP contribution is -2.33. The maximum absolute atomic E-state index is 13.1. The molecule has 0 N–H and O–H groups in total. The molecule has 20 heavy (non-hydrogen) atoms. The summed E-state index contributed by atoms with van der Waals surface area (Å²) in [5.41, 5.74) is -0.540. The molecule has 0 aliphatic carbocycles. The number of rotatable bonds is 7. The predicted octanol–water partition coefficient (Wildman–Crippen LogP) is 4.34. The van der Waals surface area contributed by atoms with Crippen LogP contribution in [0.2, 0.25) is 0 Å². The average molecular weight is 388 g/mol. The normalized spacial score (nSPS) is 12.4. The summed E-state index contributed by atoms with van der Waals surface area (Å²) in [5, 5.41) is 0. The van der Waals surface area contributed by atoms with Crippen LogP contribution in [0.1, 0.15) is 26.7 Å². The van der Waals surface area contributed by atoms with Crippen molar-refractivity contribution in [3.8, 4) is 5.75 Å². The average Bonchev–Trinajstić information content (AvgIpc) is 2.37. The lowest BCUT2D eigenvalue weighted by molar-refractivity contribution is 0.155.